The van der Waals surface area contributed by atoms with E-state index >= 15 is 0 Å². The molecule has 0 aliphatic carbocycles. The van der Waals surface area contributed by atoms with E-state index in [1.807, 2.05) is 0 Å². The van der Waals surface area contributed by atoms with Crippen LogP contribution in [-0.2, 0) is 42.3 Å². The number of aromatic nitrogens is 6. The molecule has 6 nitrogen and oxygen atoms in total. The van der Waals surface area contributed by atoms with E-state index in [0.29, 0.717) is 0 Å². The van der Waals surface area contributed by atoms with E-state index in [1.165, 1.54) is 131 Å². The first-order chi connectivity index (χ1) is 32.3. The molecule has 15 aromatic rings. The van der Waals surface area contributed by atoms with Gasteiger partial charge in [0.25, 0.3) is 0 Å². The van der Waals surface area contributed by atoms with Crippen molar-refractivity contribution in [2.24, 2.45) is 42.3 Å². The Labute approximate surface area is 380 Å². The van der Waals surface area contributed by atoms with E-state index < -0.39 is 0 Å². The number of nitrogens with zero attached hydrogens (tertiary/aromatic N) is 6. The van der Waals surface area contributed by atoms with Gasteiger partial charge in [-0.25, -0.2) is 0 Å². The van der Waals surface area contributed by atoms with E-state index in [2.05, 4.69) is 252 Å². The molecular weight excluding hydrogens is 805 g/mol. The monoisotopic (exact) mass is 852 g/mol. The minimum absolute atomic E-state index is 1.29. The smallest absolute Gasteiger partial charge is 0.0736 e. The zero-order valence-corrected chi connectivity index (χ0v) is 38.0. The lowest BCUT2D eigenvalue weighted by molar-refractivity contribution is 0.986. The molecule has 6 heteroatoms. The van der Waals surface area contributed by atoms with Crippen LogP contribution in [0.1, 0.15) is 0 Å². The molecule has 0 N–H and O–H groups in total. The first kappa shape index (κ1) is 38.3. The summed E-state index contributed by atoms with van der Waals surface area (Å²) in [4.78, 5) is 0. The molecule has 0 fully saturated rings. The topological polar surface area (TPSA) is 29.6 Å². The summed E-state index contributed by atoms with van der Waals surface area (Å²) >= 11 is 0. The summed E-state index contributed by atoms with van der Waals surface area (Å²) in [7, 11) is 12.9. The first-order valence-corrected chi connectivity index (χ1v) is 22.8. The minimum Gasteiger partial charge on any atom is -0.344 e. The van der Waals surface area contributed by atoms with Gasteiger partial charge in [0.05, 0.1) is 22.1 Å². The Morgan fingerprint density at radius 1 is 0.182 bits per heavy atom. The van der Waals surface area contributed by atoms with Crippen LogP contribution >= 0.6 is 0 Å². The van der Waals surface area contributed by atoms with Crippen LogP contribution in [0.25, 0.3) is 131 Å². The lowest BCUT2D eigenvalue weighted by atomic mass is 10.1. The molecular formula is C60H48N6. The van der Waals surface area contributed by atoms with Crippen molar-refractivity contribution < 1.29 is 0 Å². The van der Waals surface area contributed by atoms with Crippen LogP contribution in [0, 0.1) is 0 Å². The van der Waals surface area contributed by atoms with E-state index in [-0.39, 0.29) is 0 Å². The molecule has 0 bridgehead atoms. The number of hydrogen-bond acceptors (Lipinski definition) is 0. The van der Waals surface area contributed by atoms with Gasteiger partial charge in [0.1, 0.15) is 0 Å². The van der Waals surface area contributed by atoms with Crippen molar-refractivity contribution in [3.63, 3.8) is 0 Å². The normalized spacial score (nSPS) is 12.1. The van der Waals surface area contributed by atoms with Gasteiger partial charge in [0.15, 0.2) is 0 Å². The lowest BCUT2D eigenvalue weighted by Crippen LogP contribution is -1.92. The molecule has 15 rings (SSSR count). The van der Waals surface area contributed by atoms with E-state index in [4.69, 9.17) is 0 Å². The number of para-hydroxylation sites is 6. The van der Waals surface area contributed by atoms with Crippen molar-refractivity contribution in [1.29, 1.82) is 0 Å². The molecule has 0 unspecified atom stereocenters. The molecule has 0 radical (unpaired) electrons. The Hall–Kier alpha value is -8.22. The van der Waals surface area contributed by atoms with Gasteiger partial charge in [-0.15, -0.1) is 0 Å². The molecule has 0 atom stereocenters. The Balaban J connectivity index is 0.0000000988. The van der Waals surface area contributed by atoms with Crippen molar-refractivity contribution in [1.82, 2.24) is 27.4 Å². The molecule has 0 saturated heterocycles. The summed E-state index contributed by atoms with van der Waals surface area (Å²) in [5.41, 5.74) is 15.5. The van der Waals surface area contributed by atoms with Gasteiger partial charge in [-0.3, -0.25) is 0 Å². The van der Waals surface area contributed by atoms with Gasteiger partial charge in [0.2, 0.25) is 0 Å². The molecule has 9 aromatic carbocycles. The standard InChI is InChI=1S/3C20H16N2/c1-21-17-9-5-3-7-13(17)15-12-20-16(11-19(15)21)14-8-4-6-10-18(14)22(20)2;1-21-17-9-5-3-7-13(17)15-11-16-14-8-4-6-10-18(14)22(2)20(16)12-19(15)21;1-21-17-9-5-3-7-13(17)15-11-12-16-14-8-4-6-10-18(14)22(2)20(16)19(15)21/h3*3-12H,1-2H3. The molecule has 66 heavy (non-hydrogen) atoms. The maximum atomic E-state index is 2.36. The van der Waals surface area contributed by atoms with Gasteiger partial charge in [-0.1, -0.05) is 121 Å². The van der Waals surface area contributed by atoms with Crippen LogP contribution in [0.3, 0.4) is 0 Å². The van der Waals surface area contributed by atoms with Crippen molar-refractivity contribution in [3.05, 3.63) is 182 Å². The quantitative estimate of drug-likeness (QED) is 0.145. The zero-order valence-electron chi connectivity index (χ0n) is 38.0. The predicted octanol–water partition coefficient (Wildman–Crippen LogP) is 14.9. The summed E-state index contributed by atoms with van der Waals surface area (Å²) in [6.45, 7) is 0. The Morgan fingerprint density at radius 3 is 0.712 bits per heavy atom. The van der Waals surface area contributed by atoms with Crippen LogP contribution in [-0.4, -0.2) is 27.4 Å². The molecule has 318 valence electrons. The minimum atomic E-state index is 1.29. The van der Waals surface area contributed by atoms with Crippen molar-refractivity contribution in [2.75, 3.05) is 0 Å². The summed E-state index contributed by atoms with van der Waals surface area (Å²) in [6.07, 6.45) is 0. The largest absolute Gasteiger partial charge is 0.344 e. The third-order valence-electron chi connectivity index (χ3n) is 14.8. The van der Waals surface area contributed by atoms with E-state index in [0.717, 1.165) is 0 Å². The van der Waals surface area contributed by atoms with Gasteiger partial charge >= 0.3 is 0 Å². The fourth-order valence-corrected chi connectivity index (χ4v) is 11.5. The highest BCUT2D eigenvalue weighted by Gasteiger charge is 2.18. The molecule has 6 heterocycles. The first-order valence-electron chi connectivity index (χ1n) is 22.8. The highest BCUT2D eigenvalue weighted by Crippen LogP contribution is 2.39. The van der Waals surface area contributed by atoms with E-state index in [9.17, 15) is 0 Å². The second-order valence-electron chi connectivity index (χ2n) is 18.1. The molecule has 6 aromatic heterocycles. The zero-order chi connectivity index (χ0) is 44.5. The van der Waals surface area contributed by atoms with Crippen molar-refractivity contribution in [3.8, 4) is 0 Å². The van der Waals surface area contributed by atoms with E-state index in [1.54, 1.807) is 0 Å². The highest BCUT2D eigenvalue weighted by molar-refractivity contribution is 6.23. The molecule has 0 aliphatic heterocycles. The summed E-state index contributed by atoms with van der Waals surface area (Å²) < 4.78 is 13.8. The average molecular weight is 853 g/mol. The number of rotatable bonds is 0. The Bertz CT molecular complexity index is 4160. The van der Waals surface area contributed by atoms with Crippen LogP contribution < -0.4 is 0 Å². The Kier molecular flexibility index (Phi) is 8.20. The number of benzene rings is 9. The fourth-order valence-electron chi connectivity index (χ4n) is 11.5. The van der Waals surface area contributed by atoms with Gasteiger partial charge < -0.3 is 27.4 Å². The Morgan fingerprint density at radius 2 is 0.409 bits per heavy atom. The third-order valence-corrected chi connectivity index (χ3v) is 14.8. The second kappa shape index (κ2) is 14.1. The maximum Gasteiger partial charge on any atom is 0.0736 e. The maximum absolute atomic E-state index is 2.36. The van der Waals surface area contributed by atoms with Crippen molar-refractivity contribution >= 4 is 131 Å². The average Bonchev–Trinajstić information content (AvgIpc) is 4.16. The SMILES string of the molecule is Cn1c2ccccc2c2cc3c(cc21)c1ccccc1n3C.Cn1c2ccccc2c2cc3c4ccccc4n(C)c3cc21.Cn1c2ccccc2c2ccc3c4ccccc4n(C)c3c21. The summed E-state index contributed by atoms with van der Waals surface area (Å²) in [5, 5.41) is 16.0. The number of fused-ring (bicyclic) bond motifs is 19. The number of hydrogen-bond donors (Lipinski definition) is 0. The second-order valence-corrected chi connectivity index (χ2v) is 18.1. The van der Waals surface area contributed by atoms with Crippen LogP contribution in [0.4, 0.5) is 0 Å². The van der Waals surface area contributed by atoms with Crippen LogP contribution in [0.5, 0.6) is 0 Å². The van der Waals surface area contributed by atoms with Gasteiger partial charge in [0, 0.05) is 151 Å². The van der Waals surface area contributed by atoms with Crippen molar-refractivity contribution in [2.45, 2.75) is 0 Å². The molecule has 0 saturated carbocycles. The molecule has 0 aliphatic rings. The van der Waals surface area contributed by atoms with Gasteiger partial charge in [-0.05, 0) is 60.7 Å². The third kappa shape index (κ3) is 5.24. The fraction of sp³-hybridized carbons (Fsp3) is 0.100. The summed E-state index contributed by atoms with van der Waals surface area (Å²) in [6, 6.07) is 65.7. The summed E-state index contributed by atoms with van der Waals surface area (Å²) in [5.74, 6) is 0. The van der Waals surface area contributed by atoms with Crippen LogP contribution in [0.15, 0.2) is 182 Å². The molecule has 0 spiro atoms. The lowest BCUT2D eigenvalue weighted by Gasteiger charge is -2.03. The molecule has 0 amide bonds. The number of aryl methyl sites for hydroxylation is 6. The van der Waals surface area contributed by atoms with Gasteiger partial charge in [-0.2, -0.15) is 0 Å². The van der Waals surface area contributed by atoms with Crippen LogP contribution in [0.2, 0.25) is 0 Å². The highest BCUT2D eigenvalue weighted by atomic mass is 15.0. The predicted molar refractivity (Wildman–Crippen MR) is 283 cm³/mol.